The Bertz CT molecular complexity index is 386. The number of nitrogens with one attached hydrogen (secondary N) is 1. The van der Waals surface area contributed by atoms with Gasteiger partial charge in [-0.05, 0) is 38.6 Å². The fraction of sp³-hybridized carbons (Fsp3) is 0.882. The molecule has 3 nitrogen and oxygen atoms in total. The minimum atomic E-state index is 0.505. The van der Waals surface area contributed by atoms with Gasteiger partial charge in [-0.15, -0.1) is 0 Å². The second-order valence-electron chi connectivity index (χ2n) is 7.05. The van der Waals surface area contributed by atoms with Gasteiger partial charge in [0.2, 0.25) is 0 Å². The molecule has 0 aromatic carbocycles. The summed E-state index contributed by atoms with van der Waals surface area (Å²) in [5.74, 6) is 0.803. The maximum atomic E-state index is 6.05. The third-order valence-electron chi connectivity index (χ3n) is 6.15. The number of hydrogen-bond donors (Lipinski definition) is 1. The van der Waals surface area contributed by atoms with Crippen LogP contribution in [0.4, 0.5) is 0 Å². The summed E-state index contributed by atoms with van der Waals surface area (Å²) in [6, 6.07) is 0.734. The van der Waals surface area contributed by atoms with Crippen LogP contribution in [-0.4, -0.2) is 38.5 Å². The van der Waals surface area contributed by atoms with Crippen LogP contribution >= 0.6 is 0 Å². The number of fused-ring (bicyclic) bond motifs is 2. The Kier molecular flexibility index (Phi) is 3.61. The zero-order chi connectivity index (χ0) is 13.4. The predicted molar refractivity (Wildman–Crippen MR) is 78.7 cm³/mol. The number of rotatable bonds is 4. The van der Waals surface area contributed by atoms with Gasteiger partial charge in [-0.25, -0.2) is 0 Å². The van der Waals surface area contributed by atoms with Crippen LogP contribution in [0.2, 0.25) is 0 Å². The highest BCUT2D eigenvalue weighted by atomic mass is 16.5. The van der Waals surface area contributed by atoms with E-state index in [0.29, 0.717) is 11.5 Å². The van der Waals surface area contributed by atoms with Crippen molar-refractivity contribution in [1.29, 1.82) is 0 Å². The van der Waals surface area contributed by atoms with Gasteiger partial charge < -0.3 is 14.8 Å². The summed E-state index contributed by atoms with van der Waals surface area (Å²) in [5.41, 5.74) is 2.09. The van der Waals surface area contributed by atoms with Crippen LogP contribution < -0.4 is 5.32 Å². The molecule has 0 aromatic heterocycles. The van der Waals surface area contributed by atoms with Gasteiger partial charge in [-0.2, -0.15) is 0 Å². The topological polar surface area (TPSA) is 30.5 Å². The molecule has 20 heavy (non-hydrogen) atoms. The quantitative estimate of drug-likeness (QED) is 0.801. The Hall–Kier alpha value is -0.380. The van der Waals surface area contributed by atoms with Crippen molar-refractivity contribution in [3.63, 3.8) is 0 Å². The van der Waals surface area contributed by atoms with Gasteiger partial charge in [0.1, 0.15) is 0 Å². The van der Waals surface area contributed by atoms with Crippen LogP contribution in [0.25, 0.3) is 0 Å². The van der Waals surface area contributed by atoms with E-state index in [0.717, 1.165) is 44.7 Å². The van der Waals surface area contributed by atoms with Crippen LogP contribution in [0.5, 0.6) is 0 Å². The Morgan fingerprint density at radius 3 is 2.95 bits per heavy atom. The van der Waals surface area contributed by atoms with Crippen molar-refractivity contribution in [1.82, 2.24) is 5.32 Å². The SMILES string of the molecule is C1=C(CCNC2C3CCOC3C23CCCC3)CCOC1. The summed E-state index contributed by atoms with van der Waals surface area (Å²) in [6.07, 6.45) is 12.1. The first-order valence-corrected chi connectivity index (χ1v) is 8.51. The normalized spacial score (nSPS) is 38.6. The molecule has 3 atom stereocenters. The van der Waals surface area contributed by atoms with Crippen molar-refractivity contribution >= 4 is 0 Å². The summed E-state index contributed by atoms with van der Waals surface area (Å²) in [4.78, 5) is 0. The molecule has 4 aliphatic rings. The van der Waals surface area contributed by atoms with Crippen molar-refractivity contribution in [3.05, 3.63) is 11.6 Å². The van der Waals surface area contributed by atoms with E-state index >= 15 is 0 Å². The fourth-order valence-corrected chi connectivity index (χ4v) is 5.19. The lowest BCUT2D eigenvalue weighted by atomic mass is 9.54. The van der Waals surface area contributed by atoms with Crippen molar-refractivity contribution in [2.45, 2.75) is 57.1 Å². The van der Waals surface area contributed by atoms with Crippen LogP contribution in [0.3, 0.4) is 0 Å². The second-order valence-corrected chi connectivity index (χ2v) is 7.05. The first-order chi connectivity index (χ1) is 9.90. The maximum absolute atomic E-state index is 6.05. The third kappa shape index (κ3) is 2.06. The van der Waals surface area contributed by atoms with Gasteiger partial charge >= 0.3 is 0 Å². The molecule has 1 saturated heterocycles. The summed E-state index contributed by atoms with van der Waals surface area (Å²) < 4.78 is 11.4. The largest absolute Gasteiger partial charge is 0.377 e. The highest BCUT2D eigenvalue weighted by molar-refractivity contribution is 5.17. The molecule has 3 unspecified atom stereocenters. The molecule has 0 aromatic rings. The molecule has 1 spiro atoms. The Labute approximate surface area is 122 Å². The summed E-state index contributed by atoms with van der Waals surface area (Å²) in [7, 11) is 0. The van der Waals surface area contributed by atoms with E-state index in [-0.39, 0.29) is 0 Å². The van der Waals surface area contributed by atoms with Crippen LogP contribution in [-0.2, 0) is 9.47 Å². The molecular formula is C17H27NO2. The standard InChI is InChI=1S/C17H27NO2/c1-2-8-17(7-1)15(14-6-12-20-16(14)17)18-9-3-13-4-10-19-11-5-13/h4,14-16,18H,1-3,5-12H2. The molecule has 2 aliphatic heterocycles. The van der Waals surface area contributed by atoms with Gasteiger partial charge in [-0.1, -0.05) is 24.5 Å². The lowest BCUT2D eigenvalue weighted by molar-refractivity contribution is -0.130. The number of ether oxygens (including phenoxy) is 2. The van der Waals surface area contributed by atoms with Crippen LogP contribution in [0.15, 0.2) is 11.6 Å². The summed E-state index contributed by atoms with van der Waals surface area (Å²) >= 11 is 0. The Morgan fingerprint density at radius 2 is 2.15 bits per heavy atom. The maximum Gasteiger partial charge on any atom is 0.0690 e. The lowest BCUT2D eigenvalue weighted by Crippen LogP contribution is -2.67. The monoisotopic (exact) mass is 277 g/mol. The highest BCUT2D eigenvalue weighted by Crippen LogP contribution is 2.60. The summed E-state index contributed by atoms with van der Waals surface area (Å²) in [6.45, 7) is 3.87. The third-order valence-corrected chi connectivity index (χ3v) is 6.15. The average molecular weight is 277 g/mol. The van der Waals surface area contributed by atoms with E-state index < -0.39 is 0 Å². The Balaban J connectivity index is 1.34. The van der Waals surface area contributed by atoms with E-state index in [4.69, 9.17) is 9.47 Å². The molecule has 2 saturated carbocycles. The minimum Gasteiger partial charge on any atom is -0.377 e. The highest BCUT2D eigenvalue weighted by Gasteiger charge is 2.64. The second kappa shape index (κ2) is 5.43. The van der Waals surface area contributed by atoms with Crippen molar-refractivity contribution in [2.24, 2.45) is 11.3 Å². The van der Waals surface area contributed by atoms with Crippen molar-refractivity contribution in [3.8, 4) is 0 Å². The fourth-order valence-electron chi connectivity index (χ4n) is 5.19. The molecule has 4 rings (SSSR count). The van der Waals surface area contributed by atoms with Crippen LogP contribution in [0.1, 0.15) is 44.9 Å². The molecule has 3 fully saturated rings. The van der Waals surface area contributed by atoms with Crippen molar-refractivity contribution < 1.29 is 9.47 Å². The molecule has 1 N–H and O–H groups in total. The first kappa shape index (κ1) is 13.3. The van der Waals surface area contributed by atoms with E-state index in [2.05, 4.69) is 11.4 Å². The zero-order valence-corrected chi connectivity index (χ0v) is 12.4. The smallest absolute Gasteiger partial charge is 0.0690 e. The first-order valence-electron chi connectivity index (χ1n) is 8.51. The molecule has 2 aliphatic carbocycles. The van der Waals surface area contributed by atoms with Gasteiger partial charge in [0.05, 0.1) is 19.3 Å². The minimum absolute atomic E-state index is 0.505. The molecule has 2 heterocycles. The van der Waals surface area contributed by atoms with Gasteiger partial charge in [0, 0.05) is 24.0 Å². The number of hydrogen-bond acceptors (Lipinski definition) is 3. The molecular weight excluding hydrogens is 250 g/mol. The van der Waals surface area contributed by atoms with E-state index in [9.17, 15) is 0 Å². The zero-order valence-electron chi connectivity index (χ0n) is 12.4. The van der Waals surface area contributed by atoms with E-state index in [1.807, 2.05) is 0 Å². The van der Waals surface area contributed by atoms with E-state index in [1.165, 1.54) is 38.5 Å². The van der Waals surface area contributed by atoms with Gasteiger partial charge in [0.25, 0.3) is 0 Å². The molecule has 0 amide bonds. The molecule has 0 radical (unpaired) electrons. The van der Waals surface area contributed by atoms with Crippen LogP contribution in [0, 0.1) is 11.3 Å². The van der Waals surface area contributed by atoms with Gasteiger partial charge in [-0.3, -0.25) is 0 Å². The lowest BCUT2D eigenvalue weighted by Gasteiger charge is -2.57. The predicted octanol–water partition coefficient (Wildman–Crippen LogP) is 2.66. The van der Waals surface area contributed by atoms with E-state index in [1.54, 1.807) is 5.57 Å². The molecule has 0 bridgehead atoms. The Morgan fingerprint density at radius 1 is 1.25 bits per heavy atom. The molecule has 3 heteroatoms. The van der Waals surface area contributed by atoms with Crippen molar-refractivity contribution in [2.75, 3.05) is 26.4 Å². The van der Waals surface area contributed by atoms with Gasteiger partial charge in [0.15, 0.2) is 0 Å². The average Bonchev–Trinajstić information content (AvgIpc) is 3.13. The molecule has 112 valence electrons. The summed E-state index contributed by atoms with van der Waals surface area (Å²) in [5, 5.41) is 3.91.